The second-order valence-electron chi connectivity index (χ2n) is 9.84. The van der Waals surface area contributed by atoms with Crippen LogP contribution in [0.25, 0.3) is 0 Å². The molecule has 3 nitrogen and oxygen atoms in total. The molecule has 1 saturated carbocycles. The van der Waals surface area contributed by atoms with Crippen LogP contribution in [0, 0.1) is 11.8 Å². The van der Waals surface area contributed by atoms with Crippen molar-refractivity contribution in [2.45, 2.75) is 50.5 Å². The second kappa shape index (κ2) is 9.07. The number of rotatable bonds is 5. The molecule has 1 unspecified atom stereocenters. The van der Waals surface area contributed by atoms with Gasteiger partial charge in [0, 0.05) is 35.4 Å². The fourth-order valence-corrected chi connectivity index (χ4v) is 6.19. The Morgan fingerprint density at radius 3 is 2.32 bits per heavy atom. The molecule has 5 rings (SSSR count). The van der Waals surface area contributed by atoms with Crippen LogP contribution in [0.2, 0.25) is 0 Å². The van der Waals surface area contributed by atoms with Crippen LogP contribution < -0.4 is 0 Å². The highest BCUT2D eigenvalue weighted by molar-refractivity contribution is 9.10. The average Bonchev–Trinajstić information content (AvgIpc) is 3.67. The van der Waals surface area contributed by atoms with E-state index in [4.69, 9.17) is 0 Å². The molecule has 0 bridgehead atoms. The van der Waals surface area contributed by atoms with E-state index in [-0.39, 0.29) is 5.41 Å². The first-order valence-corrected chi connectivity index (χ1v) is 12.7. The number of piperidine rings is 2. The monoisotopic (exact) mass is 480 g/mol. The summed E-state index contributed by atoms with van der Waals surface area (Å²) >= 11 is 3.54. The number of carbonyl (C=O) groups excluding carboxylic acids is 1. The summed E-state index contributed by atoms with van der Waals surface area (Å²) in [7, 11) is 0. The summed E-state index contributed by atoms with van der Waals surface area (Å²) in [4.78, 5) is 17.8. The molecule has 0 spiro atoms. The molecule has 0 aromatic heterocycles. The van der Waals surface area contributed by atoms with Crippen molar-refractivity contribution in [3.63, 3.8) is 0 Å². The molecule has 0 radical (unpaired) electrons. The van der Waals surface area contributed by atoms with Gasteiger partial charge in [-0.3, -0.25) is 9.69 Å². The zero-order valence-corrected chi connectivity index (χ0v) is 19.9. The SMILES string of the molecule is O=C(C1CC1)N1CCCC(c2ccccc2)(C2CCN(Cc3ccc(Br)cc3)CC2)C1. The van der Waals surface area contributed by atoms with Crippen molar-refractivity contribution in [2.24, 2.45) is 11.8 Å². The Bertz CT molecular complexity index is 887. The standard InChI is InChI=1S/C27H33BrN2O/c28-25-11-7-21(8-12-25)19-29-17-13-24(14-18-29)27(23-5-2-1-3-6-23)15-4-16-30(20-27)26(31)22-9-10-22/h1-3,5-8,11-12,22,24H,4,9-10,13-20H2. The molecule has 2 aliphatic heterocycles. The highest BCUT2D eigenvalue weighted by Gasteiger charge is 2.47. The van der Waals surface area contributed by atoms with Crippen LogP contribution in [0.1, 0.15) is 49.7 Å². The van der Waals surface area contributed by atoms with E-state index in [1.54, 1.807) is 0 Å². The molecule has 3 fully saturated rings. The van der Waals surface area contributed by atoms with Gasteiger partial charge in [-0.15, -0.1) is 0 Å². The summed E-state index contributed by atoms with van der Waals surface area (Å²) in [6, 6.07) is 19.9. The van der Waals surface area contributed by atoms with Gasteiger partial charge in [0.2, 0.25) is 5.91 Å². The number of likely N-dealkylation sites (tertiary alicyclic amines) is 2. The van der Waals surface area contributed by atoms with E-state index in [0.717, 1.165) is 56.5 Å². The average molecular weight is 481 g/mol. The van der Waals surface area contributed by atoms with E-state index in [1.165, 1.54) is 30.4 Å². The lowest BCUT2D eigenvalue weighted by Crippen LogP contribution is -2.54. The van der Waals surface area contributed by atoms with E-state index < -0.39 is 0 Å². The fourth-order valence-electron chi connectivity index (χ4n) is 5.93. The third-order valence-electron chi connectivity index (χ3n) is 7.80. The lowest BCUT2D eigenvalue weighted by molar-refractivity contribution is -0.135. The maximum absolute atomic E-state index is 13.0. The minimum absolute atomic E-state index is 0.119. The molecule has 2 aromatic carbocycles. The first kappa shape index (κ1) is 21.2. The maximum Gasteiger partial charge on any atom is 0.225 e. The Morgan fingerprint density at radius 2 is 1.65 bits per heavy atom. The van der Waals surface area contributed by atoms with E-state index in [9.17, 15) is 4.79 Å². The summed E-state index contributed by atoms with van der Waals surface area (Å²) in [6.45, 7) is 5.19. The first-order valence-electron chi connectivity index (χ1n) is 12.0. The molecular weight excluding hydrogens is 448 g/mol. The fraction of sp³-hybridized carbons (Fsp3) is 0.519. The lowest BCUT2D eigenvalue weighted by Gasteiger charge is -2.50. The van der Waals surface area contributed by atoms with Crippen molar-refractivity contribution in [1.29, 1.82) is 0 Å². The van der Waals surface area contributed by atoms with Gasteiger partial charge in [-0.25, -0.2) is 0 Å². The van der Waals surface area contributed by atoms with Crippen LogP contribution in [0.5, 0.6) is 0 Å². The number of halogens is 1. The van der Waals surface area contributed by atoms with Crippen LogP contribution in [0.3, 0.4) is 0 Å². The summed E-state index contributed by atoms with van der Waals surface area (Å²) < 4.78 is 1.14. The van der Waals surface area contributed by atoms with Crippen molar-refractivity contribution < 1.29 is 4.79 Å². The Hall–Kier alpha value is -1.65. The Morgan fingerprint density at radius 1 is 0.935 bits per heavy atom. The van der Waals surface area contributed by atoms with Crippen LogP contribution >= 0.6 is 15.9 Å². The minimum atomic E-state index is 0.119. The van der Waals surface area contributed by atoms with Gasteiger partial charge in [0.05, 0.1) is 0 Å². The van der Waals surface area contributed by atoms with Crippen LogP contribution in [0.15, 0.2) is 59.1 Å². The summed E-state index contributed by atoms with van der Waals surface area (Å²) in [5, 5.41) is 0. The van der Waals surface area contributed by atoms with Crippen molar-refractivity contribution in [2.75, 3.05) is 26.2 Å². The zero-order valence-electron chi connectivity index (χ0n) is 18.3. The number of hydrogen-bond acceptors (Lipinski definition) is 2. The van der Waals surface area contributed by atoms with Crippen molar-refractivity contribution in [3.05, 3.63) is 70.2 Å². The summed E-state index contributed by atoms with van der Waals surface area (Å²) in [6.07, 6.45) is 6.98. The van der Waals surface area contributed by atoms with Gasteiger partial charge in [0.25, 0.3) is 0 Å². The molecule has 164 valence electrons. The number of carbonyl (C=O) groups is 1. The summed E-state index contributed by atoms with van der Waals surface area (Å²) in [5.74, 6) is 1.39. The van der Waals surface area contributed by atoms with E-state index >= 15 is 0 Å². The largest absolute Gasteiger partial charge is 0.342 e. The molecule has 2 saturated heterocycles. The molecule has 4 heteroatoms. The summed E-state index contributed by atoms with van der Waals surface area (Å²) in [5.41, 5.74) is 2.96. The molecule has 2 aromatic rings. The molecule has 0 N–H and O–H groups in total. The van der Waals surface area contributed by atoms with Gasteiger partial charge < -0.3 is 4.90 Å². The normalized spacial score (nSPS) is 25.5. The molecule has 2 heterocycles. The van der Waals surface area contributed by atoms with E-state index in [1.807, 2.05) is 0 Å². The number of nitrogens with zero attached hydrogens (tertiary/aromatic N) is 2. The van der Waals surface area contributed by atoms with Gasteiger partial charge in [-0.2, -0.15) is 0 Å². The van der Waals surface area contributed by atoms with Gasteiger partial charge >= 0.3 is 0 Å². The van der Waals surface area contributed by atoms with Gasteiger partial charge in [0.15, 0.2) is 0 Å². The molecule has 1 aliphatic carbocycles. The van der Waals surface area contributed by atoms with Crippen molar-refractivity contribution in [1.82, 2.24) is 9.80 Å². The molecule has 1 atom stereocenters. The second-order valence-corrected chi connectivity index (χ2v) is 10.8. The number of benzene rings is 2. The molecule has 31 heavy (non-hydrogen) atoms. The van der Waals surface area contributed by atoms with Crippen LogP contribution in [-0.4, -0.2) is 41.9 Å². The van der Waals surface area contributed by atoms with E-state index in [0.29, 0.717) is 17.7 Å². The first-order chi connectivity index (χ1) is 15.1. The topological polar surface area (TPSA) is 23.6 Å². The minimum Gasteiger partial charge on any atom is -0.342 e. The Kier molecular flexibility index (Phi) is 6.21. The molecule has 3 aliphatic rings. The predicted molar refractivity (Wildman–Crippen MR) is 129 cm³/mol. The van der Waals surface area contributed by atoms with Crippen molar-refractivity contribution >= 4 is 21.8 Å². The zero-order chi connectivity index (χ0) is 21.3. The van der Waals surface area contributed by atoms with E-state index in [2.05, 4.69) is 80.3 Å². The van der Waals surface area contributed by atoms with Gasteiger partial charge in [0.1, 0.15) is 0 Å². The highest BCUT2D eigenvalue weighted by Crippen LogP contribution is 2.46. The highest BCUT2D eigenvalue weighted by atomic mass is 79.9. The lowest BCUT2D eigenvalue weighted by atomic mass is 9.62. The van der Waals surface area contributed by atoms with Crippen molar-refractivity contribution in [3.8, 4) is 0 Å². The van der Waals surface area contributed by atoms with Gasteiger partial charge in [-0.1, -0.05) is 58.4 Å². The maximum atomic E-state index is 13.0. The smallest absolute Gasteiger partial charge is 0.225 e. The molecule has 1 amide bonds. The quantitative estimate of drug-likeness (QED) is 0.553. The number of hydrogen-bond donors (Lipinski definition) is 0. The Labute approximate surface area is 194 Å². The van der Waals surface area contributed by atoms with Crippen LogP contribution in [-0.2, 0) is 16.8 Å². The third-order valence-corrected chi connectivity index (χ3v) is 8.33. The number of amides is 1. The third kappa shape index (κ3) is 4.61. The van der Waals surface area contributed by atoms with Gasteiger partial charge in [-0.05, 0) is 80.8 Å². The molecular formula is C27H33BrN2O. The van der Waals surface area contributed by atoms with Crippen LogP contribution in [0.4, 0.5) is 0 Å². The Balaban J connectivity index is 1.32. The predicted octanol–water partition coefficient (Wildman–Crippen LogP) is 5.63.